The molecule has 8 nitrogen and oxygen atoms in total. The van der Waals surface area contributed by atoms with E-state index in [1.807, 2.05) is 0 Å². The Morgan fingerprint density at radius 3 is 2.36 bits per heavy atom. The van der Waals surface area contributed by atoms with Crippen molar-refractivity contribution < 1.29 is 9.85 Å². The summed E-state index contributed by atoms with van der Waals surface area (Å²) in [5.41, 5.74) is 1.03. The molecule has 2 aromatic carbocycles. The van der Waals surface area contributed by atoms with Crippen molar-refractivity contribution >= 4 is 34.9 Å². The highest BCUT2D eigenvalue weighted by Gasteiger charge is 2.23. The zero-order valence-corrected chi connectivity index (χ0v) is 14.0. The molecule has 0 spiro atoms. The minimum absolute atomic E-state index is 0.138. The molecule has 0 saturated heterocycles. The Bertz CT molecular complexity index is 976. The molecule has 3 aromatic rings. The SMILES string of the molecule is O=[N+]([O-])c1cnc(Sc2c(-c3ccccc3Cl)cccc2[N+](=O)[O-])[nH]1. The lowest BCUT2D eigenvalue weighted by Gasteiger charge is -2.09. The molecule has 0 aliphatic carbocycles. The maximum Gasteiger partial charge on any atom is 0.341 e. The molecule has 0 saturated carbocycles. The van der Waals surface area contributed by atoms with Gasteiger partial charge in [-0.2, -0.15) is 0 Å². The van der Waals surface area contributed by atoms with Gasteiger partial charge in [-0.3, -0.25) is 10.1 Å². The Kier molecular flexibility index (Phi) is 4.68. The summed E-state index contributed by atoms with van der Waals surface area (Å²) in [7, 11) is 0. The van der Waals surface area contributed by atoms with Crippen molar-refractivity contribution in [1.82, 2.24) is 9.97 Å². The maximum atomic E-state index is 11.4. The zero-order chi connectivity index (χ0) is 18.0. The predicted octanol–water partition coefficient (Wildman–Crippen LogP) is 4.70. The first kappa shape index (κ1) is 16.9. The molecule has 3 rings (SSSR count). The lowest BCUT2D eigenvalue weighted by atomic mass is 10.0. The molecule has 0 aliphatic heterocycles. The topological polar surface area (TPSA) is 115 Å². The van der Waals surface area contributed by atoms with E-state index < -0.39 is 9.85 Å². The molecular weight excluding hydrogens is 368 g/mol. The van der Waals surface area contributed by atoms with Gasteiger partial charge in [0.1, 0.15) is 11.1 Å². The lowest BCUT2D eigenvalue weighted by Crippen LogP contribution is -1.94. The second kappa shape index (κ2) is 6.91. The number of nitrogens with one attached hydrogen (secondary N) is 1. The van der Waals surface area contributed by atoms with Crippen molar-refractivity contribution in [2.75, 3.05) is 0 Å². The number of aromatic amines is 1. The van der Waals surface area contributed by atoms with Crippen molar-refractivity contribution in [2.45, 2.75) is 10.1 Å². The smallest absolute Gasteiger partial charge is 0.341 e. The molecule has 1 aromatic heterocycles. The molecule has 0 aliphatic rings. The predicted molar refractivity (Wildman–Crippen MR) is 92.9 cm³/mol. The molecule has 126 valence electrons. The van der Waals surface area contributed by atoms with Crippen LogP contribution in [0.1, 0.15) is 0 Å². The van der Waals surface area contributed by atoms with Gasteiger partial charge >= 0.3 is 5.82 Å². The van der Waals surface area contributed by atoms with Crippen LogP contribution >= 0.6 is 23.4 Å². The van der Waals surface area contributed by atoms with Crippen LogP contribution in [0.3, 0.4) is 0 Å². The molecular formula is C15H9ClN4O4S. The highest BCUT2D eigenvalue weighted by Crippen LogP contribution is 2.43. The molecule has 0 radical (unpaired) electrons. The van der Waals surface area contributed by atoms with Crippen LogP contribution in [-0.2, 0) is 0 Å². The van der Waals surface area contributed by atoms with Gasteiger partial charge in [0, 0.05) is 22.2 Å². The van der Waals surface area contributed by atoms with Crippen LogP contribution in [0.5, 0.6) is 0 Å². The Hall–Kier alpha value is -2.91. The Morgan fingerprint density at radius 2 is 1.72 bits per heavy atom. The van der Waals surface area contributed by atoms with E-state index in [1.165, 1.54) is 6.07 Å². The highest BCUT2D eigenvalue weighted by atomic mass is 35.5. The number of benzene rings is 2. The van der Waals surface area contributed by atoms with Crippen molar-refractivity contribution in [2.24, 2.45) is 0 Å². The Labute approximate surface area is 150 Å². The average Bonchev–Trinajstić information content (AvgIpc) is 3.04. The maximum absolute atomic E-state index is 11.4. The Balaban J connectivity index is 2.13. The van der Waals surface area contributed by atoms with E-state index in [0.29, 0.717) is 21.0 Å². The third-order valence-corrected chi connectivity index (χ3v) is 4.65. The van der Waals surface area contributed by atoms with Gasteiger partial charge in [0.25, 0.3) is 10.8 Å². The van der Waals surface area contributed by atoms with Crippen molar-refractivity contribution in [3.63, 3.8) is 0 Å². The van der Waals surface area contributed by atoms with Gasteiger partial charge in [-0.1, -0.05) is 41.9 Å². The molecule has 1 N–H and O–H groups in total. The van der Waals surface area contributed by atoms with Crippen LogP contribution in [0, 0.1) is 20.2 Å². The van der Waals surface area contributed by atoms with Gasteiger partial charge in [0.2, 0.25) is 0 Å². The van der Waals surface area contributed by atoms with E-state index in [-0.39, 0.29) is 16.7 Å². The number of halogens is 1. The van der Waals surface area contributed by atoms with E-state index in [0.717, 1.165) is 18.0 Å². The second-order valence-corrected chi connectivity index (χ2v) is 6.23. The largest absolute Gasteiger partial charge is 0.358 e. The van der Waals surface area contributed by atoms with E-state index in [1.54, 1.807) is 36.4 Å². The summed E-state index contributed by atoms with van der Waals surface area (Å²) in [6.45, 7) is 0. The fourth-order valence-corrected chi connectivity index (χ4v) is 3.43. The second-order valence-electron chi connectivity index (χ2n) is 4.82. The molecule has 0 amide bonds. The molecule has 0 fully saturated rings. The number of aromatic nitrogens is 2. The average molecular weight is 377 g/mol. The van der Waals surface area contributed by atoms with Gasteiger partial charge in [-0.25, -0.2) is 9.97 Å². The first-order valence-corrected chi connectivity index (χ1v) is 8.06. The normalized spacial score (nSPS) is 10.6. The van der Waals surface area contributed by atoms with Crippen LogP contribution in [0.4, 0.5) is 11.5 Å². The molecule has 1 heterocycles. The first-order chi connectivity index (χ1) is 12.0. The summed E-state index contributed by atoms with van der Waals surface area (Å²) in [4.78, 5) is 27.8. The highest BCUT2D eigenvalue weighted by molar-refractivity contribution is 7.99. The third-order valence-electron chi connectivity index (χ3n) is 3.29. The molecule has 0 bridgehead atoms. The van der Waals surface area contributed by atoms with Gasteiger partial charge in [-0.05, 0) is 22.8 Å². The number of nitrogens with zero attached hydrogens (tertiary/aromatic N) is 3. The van der Waals surface area contributed by atoms with E-state index in [2.05, 4.69) is 9.97 Å². The summed E-state index contributed by atoms with van der Waals surface area (Å²) < 4.78 is 0. The molecule has 0 atom stereocenters. The van der Waals surface area contributed by atoms with Gasteiger partial charge in [0.15, 0.2) is 0 Å². The van der Waals surface area contributed by atoms with Gasteiger partial charge in [0.05, 0.1) is 4.92 Å². The van der Waals surface area contributed by atoms with E-state index in [9.17, 15) is 20.2 Å². The summed E-state index contributed by atoms with van der Waals surface area (Å²) >= 11 is 7.16. The third kappa shape index (κ3) is 3.47. The first-order valence-electron chi connectivity index (χ1n) is 6.87. The fraction of sp³-hybridized carbons (Fsp3) is 0. The van der Waals surface area contributed by atoms with Crippen LogP contribution in [0.2, 0.25) is 5.02 Å². The number of nitro benzene ring substituents is 1. The minimum Gasteiger partial charge on any atom is -0.358 e. The monoisotopic (exact) mass is 376 g/mol. The van der Waals surface area contributed by atoms with Crippen molar-refractivity contribution in [3.05, 3.63) is 73.9 Å². The van der Waals surface area contributed by atoms with Crippen LogP contribution in [0.15, 0.2) is 58.7 Å². The van der Waals surface area contributed by atoms with Gasteiger partial charge in [-0.15, -0.1) is 0 Å². The van der Waals surface area contributed by atoms with Crippen LogP contribution in [0.25, 0.3) is 11.1 Å². The number of rotatable bonds is 5. The van der Waals surface area contributed by atoms with Crippen LogP contribution < -0.4 is 0 Å². The number of hydrogen-bond donors (Lipinski definition) is 1. The van der Waals surface area contributed by atoms with Crippen molar-refractivity contribution in [1.29, 1.82) is 0 Å². The van der Waals surface area contributed by atoms with Crippen LogP contribution in [-0.4, -0.2) is 19.8 Å². The number of hydrogen-bond acceptors (Lipinski definition) is 6. The number of H-pyrrole nitrogens is 1. The summed E-state index contributed by atoms with van der Waals surface area (Å²) in [5, 5.41) is 22.8. The van der Waals surface area contributed by atoms with E-state index >= 15 is 0 Å². The zero-order valence-electron chi connectivity index (χ0n) is 12.4. The Morgan fingerprint density at radius 1 is 1.00 bits per heavy atom. The summed E-state index contributed by atoms with van der Waals surface area (Å²) in [5.74, 6) is -0.291. The van der Waals surface area contributed by atoms with Crippen molar-refractivity contribution in [3.8, 4) is 11.1 Å². The molecule has 25 heavy (non-hydrogen) atoms. The fourth-order valence-electron chi connectivity index (χ4n) is 2.20. The summed E-state index contributed by atoms with van der Waals surface area (Å²) in [6.07, 6.45) is 1.06. The summed E-state index contributed by atoms with van der Waals surface area (Å²) in [6, 6.07) is 11.6. The molecule has 0 unspecified atom stereocenters. The quantitative estimate of drug-likeness (QED) is 0.509. The lowest BCUT2D eigenvalue weighted by molar-refractivity contribution is -0.389. The molecule has 10 heteroatoms. The standard InChI is InChI=1S/C15H9ClN4O4S/c16-11-6-2-1-4-9(11)10-5-3-7-12(19(21)22)14(10)25-15-17-8-13(18-15)20(23)24/h1-8H,(H,17,18). The van der Waals surface area contributed by atoms with Gasteiger partial charge < -0.3 is 10.1 Å². The van der Waals surface area contributed by atoms with E-state index in [4.69, 9.17) is 11.6 Å². The number of nitro groups is 2. The minimum atomic E-state index is -0.620. The number of imidazole rings is 1.